The van der Waals surface area contributed by atoms with Gasteiger partial charge in [0.2, 0.25) is 0 Å². The Hall–Kier alpha value is -2.94. The summed E-state index contributed by atoms with van der Waals surface area (Å²) < 4.78 is 38.8. The van der Waals surface area contributed by atoms with Crippen molar-refractivity contribution in [3.05, 3.63) is 42.2 Å². The van der Waals surface area contributed by atoms with Crippen LogP contribution >= 0.6 is 0 Å². The minimum atomic E-state index is -4.53. The number of pyridine rings is 1. The maximum Gasteiger partial charge on any atom is 0.416 e. The summed E-state index contributed by atoms with van der Waals surface area (Å²) in [5.74, 6) is 0.0834. The van der Waals surface area contributed by atoms with E-state index in [1.54, 1.807) is 18.5 Å². The van der Waals surface area contributed by atoms with Gasteiger partial charge in [0.05, 0.1) is 5.56 Å². The summed E-state index contributed by atoms with van der Waals surface area (Å²) in [5.41, 5.74) is -0.421. The van der Waals surface area contributed by atoms with E-state index in [9.17, 15) is 18.3 Å². The van der Waals surface area contributed by atoms with Crippen molar-refractivity contribution in [3.8, 4) is 17.0 Å². The number of anilines is 1. The van der Waals surface area contributed by atoms with Crippen LogP contribution in [-0.2, 0) is 6.18 Å². The van der Waals surface area contributed by atoms with Crippen molar-refractivity contribution >= 4 is 16.6 Å². The number of nitrogens with zero attached hydrogens (tertiary/aromatic N) is 4. The van der Waals surface area contributed by atoms with E-state index in [0.29, 0.717) is 28.4 Å². The van der Waals surface area contributed by atoms with Crippen molar-refractivity contribution in [1.29, 1.82) is 0 Å². The molecule has 2 N–H and O–H groups in total. The summed E-state index contributed by atoms with van der Waals surface area (Å²) in [6, 6.07) is 4.80. The van der Waals surface area contributed by atoms with Gasteiger partial charge in [0.1, 0.15) is 11.4 Å². The predicted octanol–water partition coefficient (Wildman–Crippen LogP) is 4.31. The molecule has 1 aliphatic heterocycles. The van der Waals surface area contributed by atoms with Crippen molar-refractivity contribution in [2.45, 2.75) is 32.0 Å². The third-order valence-corrected chi connectivity index (χ3v) is 5.46. The molecule has 0 spiro atoms. The Bertz CT molecular complexity index is 1060. The largest absolute Gasteiger partial charge is 0.507 e. The number of rotatable bonds is 4. The summed E-state index contributed by atoms with van der Waals surface area (Å²) in [6.07, 6.45) is 0.803. The van der Waals surface area contributed by atoms with Gasteiger partial charge in [-0.3, -0.25) is 4.98 Å². The fourth-order valence-corrected chi connectivity index (χ4v) is 3.87. The second-order valence-corrected chi connectivity index (χ2v) is 7.42. The molecule has 0 aliphatic carbocycles. The molecule has 4 rings (SSSR count). The first-order valence-corrected chi connectivity index (χ1v) is 9.86. The van der Waals surface area contributed by atoms with Gasteiger partial charge < -0.3 is 15.3 Å². The summed E-state index contributed by atoms with van der Waals surface area (Å²) in [4.78, 5) is 6.54. The molecular weight excluding hydrogens is 395 g/mol. The van der Waals surface area contributed by atoms with E-state index < -0.39 is 17.5 Å². The summed E-state index contributed by atoms with van der Waals surface area (Å²) in [7, 11) is 0. The monoisotopic (exact) mass is 417 g/mol. The van der Waals surface area contributed by atoms with Gasteiger partial charge in [-0.1, -0.05) is 6.92 Å². The number of piperidine rings is 1. The highest BCUT2D eigenvalue weighted by Crippen LogP contribution is 2.38. The van der Waals surface area contributed by atoms with E-state index in [0.717, 1.165) is 38.5 Å². The molecule has 0 saturated carbocycles. The van der Waals surface area contributed by atoms with Crippen LogP contribution in [0.5, 0.6) is 5.75 Å². The van der Waals surface area contributed by atoms with E-state index >= 15 is 0 Å². The lowest BCUT2D eigenvalue weighted by Crippen LogP contribution is -2.42. The van der Waals surface area contributed by atoms with E-state index in [1.165, 1.54) is 6.07 Å². The smallest absolute Gasteiger partial charge is 0.416 e. The molecule has 3 aromatic rings. The molecule has 0 radical (unpaired) electrons. The molecule has 1 aromatic carbocycles. The molecule has 3 heterocycles. The molecule has 6 nitrogen and oxygen atoms in total. The van der Waals surface area contributed by atoms with Gasteiger partial charge in [0.25, 0.3) is 0 Å². The zero-order valence-corrected chi connectivity index (χ0v) is 16.4. The van der Waals surface area contributed by atoms with Crippen LogP contribution in [0.25, 0.3) is 22.0 Å². The molecule has 9 heteroatoms. The number of aromatic hydroxyl groups is 1. The number of hydrogen-bond acceptors (Lipinski definition) is 6. The minimum absolute atomic E-state index is 0.188. The quantitative estimate of drug-likeness (QED) is 0.659. The SMILES string of the molecule is CCN1CCC[C@@H](Nc2nnc(-c3ccc(C(F)(F)F)cc3O)c3ccncc23)C1. The summed E-state index contributed by atoms with van der Waals surface area (Å²) >= 11 is 0. The normalized spacial score (nSPS) is 17.9. The Morgan fingerprint density at radius 3 is 2.77 bits per heavy atom. The number of likely N-dealkylation sites (N-methyl/N-ethyl adjacent to an activating group) is 1. The average molecular weight is 417 g/mol. The van der Waals surface area contributed by atoms with Crippen molar-refractivity contribution in [1.82, 2.24) is 20.1 Å². The maximum absolute atomic E-state index is 12.9. The third-order valence-electron chi connectivity index (χ3n) is 5.46. The number of likely N-dealkylation sites (tertiary alicyclic amines) is 1. The van der Waals surface area contributed by atoms with Gasteiger partial charge in [-0.25, -0.2) is 0 Å². The number of aromatic nitrogens is 3. The third kappa shape index (κ3) is 4.02. The zero-order chi connectivity index (χ0) is 21.3. The highest BCUT2D eigenvalue weighted by molar-refractivity contribution is 6.00. The second kappa shape index (κ2) is 8.06. The van der Waals surface area contributed by atoms with Gasteiger partial charge >= 0.3 is 6.18 Å². The number of hydrogen-bond donors (Lipinski definition) is 2. The first-order chi connectivity index (χ1) is 14.4. The van der Waals surface area contributed by atoms with Gasteiger partial charge in [-0.2, -0.15) is 13.2 Å². The van der Waals surface area contributed by atoms with Crippen LogP contribution in [0.4, 0.5) is 19.0 Å². The Morgan fingerprint density at radius 2 is 2.03 bits per heavy atom. The second-order valence-electron chi connectivity index (χ2n) is 7.42. The number of benzene rings is 1. The predicted molar refractivity (Wildman–Crippen MR) is 108 cm³/mol. The molecule has 1 fully saturated rings. The van der Waals surface area contributed by atoms with Crippen molar-refractivity contribution in [2.75, 3.05) is 25.0 Å². The summed E-state index contributed by atoms with van der Waals surface area (Å²) in [5, 5.41) is 23.6. The number of nitrogens with one attached hydrogen (secondary N) is 1. The van der Waals surface area contributed by atoms with Crippen LogP contribution < -0.4 is 5.32 Å². The van der Waals surface area contributed by atoms with Crippen molar-refractivity contribution < 1.29 is 18.3 Å². The van der Waals surface area contributed by atoms with Gasteiger partial charge in [-0.05, 0) is 50.2 Å². The zero-order valence-electron chi connectivity index (χ0n) is 16.4. The number of phenolic OH excluding ortho intramolecular Hbond substituents is 1. The van der Waals surface area contributed by atoms with Crippen molar-refractivity contribution in [2.24, 2.45) is 0 Å². The lowest BCUT2D eigenvalue weighted by molar-refractivity contribution is -0.137. The Morgan fingerprint density at radius 1 is 1.20 bits per heavy atom. The molecule has 1 aliphatic rings. The molecule has 30 heavy (non-hydrogen) atoms. The average Bonchev–Trinajstić information content (AvgIpc) is 2.74. The van der Waals surface area contributed by atoms with Crippen LogP contribution in [0, 0.1) is 0 Å². The first kappa shape index (κ1) is 20.3. The molecular formula is C21H22F3N5O. The number of halogens is 3. The van der Waals surface area contributed by atoms with Crippen LogP contribution in [0.2, 0.25) is 0 Å². The molecule has 1 atom stereocenters. The first-order valence-electron chi connectivity index (χ1n) is 9.86. The van der Waals surface area contributed by atoms with Gasteiger partial charge in [0.15, 0.2) is 5.82 Å². The Balaban J connectivity index is 1.71. The number of phenols is 1. The summed E-state index contributed by atoms with van der Waals surface area (Å²) in [6.45, 7) is 5.10. The van der Waals surface area contributed by atoms with Gasteiger partial charge in [-0.15, -0.1) is 10.2 Å². The molecule has 0 bridgehead atoms. The molecule has 2 aromatic heterocycles. The molecule has 158 valence electrons. The van der Waals surface area contributed by atoms with Crippen LogP contribution in [0.1, 0.15) is 25.3 Å². The highest BCUT2D eigenvalue weighted by Gasteiger charge is 2.31. The maximum atomic E-state index is 12.9. The van der Waals surface area contributed by atoms with E-state index in [4.69, 9.17) is 0 Å². The van der Waals surface area contributed by atoms with E-state index in [-0.39, 0.29) is 11.6 Å². The molecule has 0 amide bonds. The Labute approximate surface area is 171 Å². The van der Waals surface area contributed by atoms with E-state index in [1.807, 2.05) is 0 Å². The lowest BCUT2D eigenvalue weighted by Gasteiger charge is -2.32. The van der Waals surface area contributed by atoms with Crippen molar-refractivity contribution in [3.63, 3.8) is 0 Å². The highest BCUT2D eigenvalue weighted by atomic mass is 19.4. The minimum Gasteiger partial charge on any atom is -0.507 e. The standard InChI is InChI=1S/C21H22F3N5O/c1-2-29-9-3-4-14(12-29)26-20-17-11-25-8-7-15(17)19(27-28-20)16-6-5-13(10-18(16)30)21(22,23)24/h5-8,10-11,14,30H,2-4,9,12H2,1H3,(H,26,28)/t14-/m1/s1. The van der Waals surface area contributed by atoms with Gasteiger partial charge in [0, 0.05) is 41.3 Å². The lowest BCUT2D eigenvalue weighted by atomic mass is 10.0. The van der Waals surface area contributed by atoms with Crippen LogP contribution in [0.15, 0.2) is 36.7 Å². The molecule has 0 unspecified atom stereocenters. The number of fused-ring (bicyclic) bond motifs is 1. The molecule has 1 saturated heterocycles. The van der Waals surface area contributed by atoms with E-state index in [2.05, 4.69) is 32.3 Å². The fraction of sp³-hybridized carbons (Fsp3) is 0.381. The van der Waals surface area contributed by atoms with Crippen LogP contribution in [-0.4, -0.2) is 50.9 Å². The topological polar surface area (TPSA) is 74.2 Å². The fourth-order valence-electron chi connectivity index (χ4n) is 3.87. The number of alkyl halides is 3. The Kier molecular flexibility index (Phi) is 5.46. The van der Waals surface area contributed by atoms with Crippen LogP contribution in [0.3, 0.4) is 0 Å².